The predicted molar refractivity (Wildman–Crippen MR) is 50.2 cm³/mol. The Bertz CT molecular complexity index is 331. The standard InChI is InChI=1S/C11H10F2/c1-3-4-8(2)9-5-10(12)7-11(13)6-9/h3-7H,2H2,1H3/b4-3-. The van der Waals surface area contributed by atoms with Crippen LogP contribution in [0.25, 0.3) is 5.57 Å². The van der Waals surface area contributed by atoms with Gasteiger partial charge in [0.2, 0.25) is 0 Å². The zero-order valence-corrected chi connectivity index (χ0v) is 7.35. The Balaban J connectivity index is 3.08. The minimum absolute atomic E-state index is 0.468. The molecule has 1 rings (SSSR count). The van der Waals surface area contributed by atoms with E-state index in [0.717, 1.165) is 6.07 Å². The van der Waals surface area contributed by atoms with Crippen LogP contribution in [0, 0.1) is 11.6 Å². The van der Waals surface area contributed by atoms with Gasteiger partial charge in [0, 0.05) is 6.07 Å². The normalized spacial score (nSPS) is 10.7. The van der Waals surface area contributed by atoms with Crippen molar-refractivity contribution in [3.63, 3.8) is 0 Å². The molecule has 68 valence electrons. The maximum Gasteiger partial charge on any atom is 0.126 e. The first kappa shape index (κ1) is 9.65. The Morgan fingerprint density at radius 1 is 1.23 bits per heavy atom. The largest absolute Gasteiger partial charge is 0.207 e. The second kappa shape index (κ2) is 3.99. The van der Waals surface area contributed by atoms with Crippen LogP contribution in [0.2, 0.25) is 0 Å². The number of halogens is 2. The van der Waals surface area contributed by atoms with Gasteiger partial charge in [0.1, 0.15) is 11.6 Å². The van der Waals surface area contributed by atoms with Crippen LogP contribution in [0.4, 0.5) is 8.78 Å². The molecule has 1 aromatic rings. The number of allylic oxidation sites excluding steroid dienone is 3. The highest BCUT2D eigenvalue weighted by atomic mass is 19.1. The molecule has 0 aromatic heterocycles. The van der Waals surface area contributed by atoms with Gasteiger partial charge in [-0.1, -0.05) is 18.7 Å². The van der Waals surface area contributed by atoms with E-state index in [0.29, 0.717) is 11.1 Å². The van der Waals surface area contributed by atoms with Gasteiger partial charge in [-0.05, 0) is 30.2 Å². The maximum atomic E-state index is 12.7. The second-order valence-electron chi connectivity index (χ2n) is 2.68. The Morgan fingerprint density at radius 2 is 1.77 bits per heavy atom. The van der Waals surface area contributed by atoms with Gasteiger partial charge in [0.25, 0.3) is 0 Å². The summed E-state index contributed by atoms with van der Waals surface area (Å²) in [5.41, 5.74) is 1.07. The van der Waals surface area contributed by atoms with Gasteiger partial charge in [-0.15, -0.1) is 0 Å². The summed E-state index contributed by atoms with van der Waals surface area (Å²) in [5, 5.41) is 0. The number of hydrogen-bond donors (Lipinski definition) is 0. The van der Waals surface area contributed by atoms with Crippen molar-refractivity contribution in [3.8, 4) is 0 Å². The lowest BCUT2D eigenvalue weighted by Crippen LogP contribution is -1.85. The minimum Gasteiger partial charge on any atom is -0.207 e. The first-order chi connectivity index (χ1) is 6.13. The Morgan fingerprint density at radius 3 is 2.23 bits per heavy atom. The Kier molecular flexibility index (Phi) is 2.96. The van der Waals surface area contributed by atoms with E-state index < -0.39 is 11.6 Å². The van der Waals surface area contributed by atoms with Gasteiger partial charge in [-0.25, -0.2) is 8.78 Å². The molecular weight excluding hydrogens is 170 g/mol. The fourth-order valence-electron chi connectivity index (χ4n) is 1.04. The van der Waals surface area contributed by atoms with Crippen molar-refractivity contribution in [3.05, 3.63) is 54.1 Å². The first-order valence-electron chi connectivity index (χ1n) is 3.91. The molecule has 0 heterocycles. The first-order valence-corrected chi connectivity index (χ1v) is 3.91. The van der Waals surface area contributed by atoms with E-state index in [1.165, 1.54) is 12.1 Å². The topological polar surface area (TPSA) is 0 Å². The zero-order valence-electron chi connectivity index (χ0n) is 7.35. The molecule has 0 aliphatic heterocycles. The number of rotatable bonds is 2. The molecule has 0 aliphatic rings. The molecule has 0 radical (unpaired) electrons. The van der Waals surface area contributed by atoms with Crippen molar-refractivity contribution in [1.82, 2.24) is 0 Å². The molecule has 0 saturated heterocycles. The van der Waals surface area contributed by atoms with Gasteiger partial charge < -0.3 is 0 Å². The van der Waals surface area contributed by atoms with E-state index in [-0.39, 0.29) is 0 Å². The molecule has 2 heteroatoms. The Labute approximate surface area is 76.2 Å². The lowest BCUT2D eigenvalue weighted by Gasteiger charge is -2.00. The summed E-state index contributed by atoms with van der Waals surface area (Å²) < 4.78 is 25.4. The third-order valence-corrected chi connectivity index (χ3v) is 1.60. The van der Waals surface area contributed by atoms with Gasteiger partial charge >= 0.3 is 0 Å². The highest BCUT2D eigenvalue weighted by Gasteiger charge is 2.01. The van der Waals surface area contributed by atoms with Crippen molar-refractivity contribution in [1.29, 1.82) is 0 Å². The van der Waals surface area contributed by atoms with Crippen LogP contribution < -0.4 is 0 Å². The predicted octanol–water partition coefficient (Wildman–Crippen LogP) is 3.55. The van der Waals surface area contributed by atoms with E-state index in [1.54, 1.807) is 12.2 Å². The van der Waals surface area contributed by atoms with E-state index in [4.69, 9.17) is 0 Å². The van der Waals surface area contributed by atoms with Crippen LogP contribution in [0.1, 0.15) is 12.5 Å². The monoisotopic (exact) mass is 180 g/mol. The highest BCUT2D eigenvalue weighted by molar-refractivity contribution is 5.71. The zero-order chi connectivity index (χ0) is 9.84. The molecule has 0 atom stereocenters. The lowest BCUT2D eigenvalue weighted by atomic mass is 10.1. The van der Waals surface area contributed by atoms with Gasteiger partial charge in [-0.2, -0.15) is 0 Å². The number of hydrogen-bond acceptors (Lipinski definition) is 0. The third kappa shape index (κ3) is 2.51. The van der Waals surface area contributed by atoms with Crippen molar-refractivity contribution in [2.45, 2.75) is 6.92 Å². The minimum atomic E-state index is -0.583. The Hall–Kier alpha value is -1.44. The van der Waals surface area contributed by atoms with Gasteiger partial charge in [0.05, 0.1) is 0 Å². The average Bonchev–Trinajstić information content (AvgIpc) is 2.03. The second-order valence-corrected chi connectivity index (χ2v) is 2.68. The van der Waals surface area contributed by atoms with Crippen molar-refractivity contribution >= 4 is 5.57 Å². The summed E-state index contributed by atoms with van der Waals surface area (Å²) >= 11 is 0. The van der Waals surface area contributed by atoms with Crippen molar-refractivity contribution in [2.24, 2.45) is 0 Å². The SMILES string of the molecule is C=C(/C=C\C)c1cc(F)cc(F)c1. The molecule has 0 unspecified atom stereocenters. The number of benzene rings is 1. The molecule has 0 fully saturated rings. The fourth-order valence-corrected chi connectivity index (χ4v) is 1.04. The van der Waals surface area contributed by atoms with Crippen molar-refractivity contribution < 1.29 is 8.78 Å². The summed E-state index contributed by atoms with van der Waals surface area (Å²) in [6, 6.07) is 3.35. The fraction of sp³-hybridized carbons (Fsp3) is 0.0909. The van der Waals surface area contributed by atoms with Crippen LogP contribution in [0.15, 0.2) is 36.9 Å². The van der Waals surface area contributed by atoms with Gasteiger partial charge in [0.15, 0.2) is 0 Å². The molecule has 0 aliphatic carbocycles. The third-order valence-electron chi connectivity index (χ3n) is 1.60. The molecular formula is C11H10F2. The summed E-state index contributed by atoms with van der Waals surface area (Å²) in [4.78, 5) is 0. The van der Waals surface area contributed by atoms with E-state index in [2.05, 4.69) is 6.58 Å². The van der Waals surface area contributed by atoms with Crippen LogP contribution in [-0.2, 0) is 0 Å². The van der Waals surface area contributed by atoms with Crippen LogP contribution in [0.5, 0.6) is 0 Å². The van der Waals surface area contributed by atoms with Crippen LogP contribution >= 0.6 is 0 Å². The quantitative estimate of drug-likeness (QED) is 0.610. The van der Waals surface area contributed by atoms with E-state index in [9.17, 15) is 8.78 Å². The smallest absolute Gasteiger partial charge is 0.126 e. The molecule has 1 aromatic carbocycles. The van der Waals surface area contributed by atoms with E-state index in [1.807, 2.05) is 6.92 Å². The molecule has 13 heavy (non-hydrogen) atoms. The summed E-state index contributed by atoms with van der Waals surface area (Å²) in [6.07, 6.45) is 3.47. The maximum absolute atomic E-state index is 12.7. The van der Waals surface area contributed by atoms with Crippen LogP contribution in [0.3, 0.4) is 0 Å². The molecule has 0 amide bonds. The van der Waals surface area contributed by atoms with Gasteiger partial charge in [-0.3, -0.25) is 0 Å². The summed E-state index contributed by atoms with van der Waals surface area (Å²) in [5.74, 6) is -1.17. The molecule has 0 nitrogen and oxygen atoms in total. The highest BCUT2D eigenvalue weighted by Crippen LogP contribution is 2.16. The molecule has 0 bridgehead atoms. The summed E-state index contributed by atoms with van der Waals surface area (Å²) in [7, 11) is 0. The molecule has 0 N–H and O–H groups in total. The summed E-state index contributed by atoms with van der Waals surface area (Å²) in [6.45, 7) is 5.50. The van der Waals surface area contributed by atoms with E-state index >= 15 is 0 Å². The molecule has 0 spiro atoms. The average molecular weight is 180 g/mol. The lowest BCUT2D eigenvalue weighted by molar-refractivity contribution is 0.582. The van der Waals surface area contributed by atoms with Crippen molar-refractivity contribution in [2.75, 3.05) is 0 Å². The van der Waals surface area contributed by atoms with Crippen LogP contribution in [-0.4, -0.2) is 0 Å². The molecule has 0 saturated carbocycles.